The van der Waals surface area contributed by atoms with Gasteiger partial charge in [-0.05, 0) is 54.4 Å². The van der Waals surface area contributed by atoms with Gasteiger partial charge >= 0.3 is 0 Å². The molecule has 21 heavy (non-hydrogen) atoms. The molecule has 0 saturated heterocycles. The van der Waals surface area contributed by atoms with E-state index in [-0.39, 0.29) is 11.4 Å². The summed E-state index contributed by atoms with van der Waals surface area (Å²) >= 11 is 3.22. The van der Waals surface area contributed by atoms with Crippen molar-refractivity contribution in [2.45, 2.75) is 30.4 Å². The third-order valence-electron chi connectivity index (χ3n) is 3.28. The molecule has 0 spiro atoms. The normalized spacial score (nSPS) is 13.4. The van der Waals surface area contributed by atoms with Gasteiger partial charge < -0.3 is 5.73 Å². The zero-order chi connectivity index (χ0) is 16.6. The van der Waals surface area contributed by atoms with E-state index in [1.807, 2.05) is 0 Å². The van der Waals surface area contributed by atoms with Gasteiger partial charge in [-0.2, -0.15) is 0 Å². The van der Waals surface area contributed by atoms with E-state index in [1.54, 1.807) is 13.0 Å². The SMILES string of the molecule is Cc1cc(Br)c(N)cc1S(=O)(=O)NCC(C)(C)S(C)(=O)=O. The van der Waals surface area contributed by atoms with Gasteiger partial charge in [0.15, 0.2) is 9.84 Å². The molecule has 6 nitrogen and oxygen atoms in total. The summed E-state index contributed by atoms with van der Waals surface area (Å²) in [4.78, 5) is 0.0347. The first-order chi connectivity index (χ1) is 9.28. The van der Waals surface area contributed by atoms with Crippen molar-refractivity contribution in [3.05, 3.63) is 22.2 Å². The first-order valence-electron chi connectivity index (χ1n) is 6.03. The van der Waals surface area contributed by atoms with Crippen molar-refractivity contribution >= 4 is 41.5 Å². The largest absolute Gasteiger partial charge is 0.398 e. The molecule has 0 heterocycles. The molecule has 0 radical (unpaired) electrons. The fourth-order valence-electron chi connectivity index (χ4n) is 1.44. The zero-order valence-corrected chi connectivity index (χ0v) is 15.5. The summed E-state index contributed by atoms with van der Waals surface area (Å²) < 4.78 is 49.6. The Labute approximate surface area is 134 Å². The molecule has 0 aliphatic carbocycles. The summed E-state index contributed by atoms with van der Waals surface area (Å²) in [5.41, 5.74) is 6.51. The van der Waals surface area contributed by atoms with Crippen molar-refractivity contribution < 1.29 is 16.8 Å². The van der Waals surface area contributed by atoms with Gasteiger partial charge in [-0.1, -0.05) is 0 Å². The number of rotatable bonds is 5. The molecule has 0 saturated carbocycles. The van der Waals surface area contributed by atoms with Gasteiger partial charge in [0, 0.05) is 23.0 Å². The summed E-state index contributed by atoms with van der Waals surface area (Å²) in [6.07, 6.45) is 1.07. The highest BCUT2D eigenvalue weighted by molar-refractivity contribution is 9.10. The molecule has 3 N–H and O–H groups in total. The summed E-state index contributed by atoms with van der Waals surface area (Å²) in [6.45, 7) is 4.35. The van der Waals surface area contributed by atoms with Crippen LogP contribution in [0, 0.1) is 6.92 Å². The van der Waals surface area contributed by atoms with Crippen molar-refractivity contribution in [1.82, 2.24) is 4.72 Å². The Morgan fingerprint density at radius 3 is 2.24 bits per heavy atom. The molecule has 1 aromatic carbocycles. The van der Waals surface area contributed by atoms with Crippen LogP contribution in [-0.4, -0.2) is 34.4 Å². The van der Waals surface area contributed by atoms with Gasteiger partial charge in [0.05, 0.1) is 9.64 Å². The maximum Gasteiger partial charge on any atom is 0.240 e. The topological polar surface area (TPSA) is 106 Å². The lowest BCUT2D eigenvalue weighted by Gasteiger charge is -2.23. The first-order valence-corrected chi connectivity index (χ1v) is 10.2. The van der Waals surface area contributed by atoms with Crippen LogP contribution in [0.5, 0.6) is 0 Å². The van der Waals surface area contributed by atoms with E-state index in [0.717, 1.165) is 6.26 Å². The Bertz CT molecular complexity index is 756. The van der Waals surface area contributed by atoms with Crippen molar-refractivity contribution in [1.29, 1.82) is 0 Å². The minimum absolute atomic E-state index is 0.0347. The van der Waals surface area contributed by atoms with Crippen molar-refractivity contribution in [3.63, 3.8) is 0 Å². The van der Waals surface area contributed by atoms with Crippen molar-refractivity contribution in [2.24, 2.45) is 0 Å². The number of nitrogen functional groups attached to an aromatic ring is 1. The predicted octanol–water partition coefficient (Wildman–Crippen LogP) is 1.44. The van der Waals surface area contributed by atoms with Crippen LogP contribution in [-0.2, 0) is 19.9 Å². The predicted molar refractivity (Wildman–Crippen MR) is 87.4 cm³/mol. The smallest absolute Gasteiger partial charge is 0.240 e. The molecule has 1 rings (SSSR count). The maximum absolute atomic E-state index is 12.3. The van der Waals surface area contributed by atoms with E-state index in [0.29, 0.717) is 15.7 Å². The van der Waals surface area contributed by atoms with Crippen LogP contribution in [0.25, 0.3) is 0 Å². The lowest BCUT2D eigenvalue weighted by molar-refractivity contribution is 0.537. The summed E-state index contributed by atoms with van der Waals surface area (Å²) in [5, 5.41) is 0. The van der Waals surface area contributed by atoms with E-state index in [4.69, 9.17) is 5.73 Å². The van der Waals surface area contributed by atoms with Crippen LogP contribution >= 0.6 is 15.9 Å². The van der Waals surface area contributed by atoms with E-state index in [2.05, 4.69) is 20.7 Å². The Balaban J connectivity index is 3.12. The van der Waals surface area contributed by atoms with Gasteiger partial charge in [-0.15, -0.1) is 0 Å². The third kappa shape index (κ3) is 4.18. The second kappa shape index (κ2) is 5.86. The number of nitrogens with one attached hydrogen (secondary N) is 1. The molecule has 0 amide bonds. The lowest BCUT2D eigenvalue weighted by atomic mass is 10.2. The van der Waals surface area contributed by atoms with Crippen molar-refractivity contribution in [3.8, 4) is 0 Å². The number of hydrogen-bond donors (Lipinski definition) is 2. The first kappa shape index (κ1) is 18.4. The van der Waals surface area contributed by atoms with E-state index in [9.17, 15) is 16.8 Å². The van der Waals surface area contributed by atoms with Crippen LogP contribution in [0.4, 0.5) is 5.69 Å². The number of halogens is 1. The molecule has 120 valence electrons. The fraction of sp³-hybridized carbons (Fsp3) is 0.500. The fourth-order valence-corrected chi connectivity index (χ4v) is 3.79. The van der Waals surface area contributed by atoms with Gasteiger partial charge in [0.2, 0.25) is 10.0 Å². The Morgan fingerprint density at radius 1 is 1.24 bits per heavy atom. The maximum atomic E-state index is 12.3. The number of sulfone groups is 1. The molecule has 9 heteroatoms. The highest BCUT2D eigenvalue weighted by Gasteiger charge is 2.32. The number of sulfonamides is 1. The van der Waals surface area contributed by atoms with Crippen LogP contribution < -0.4 is 10.5 Å². The van der Waals surface area contributed by atoms with Crippen LogP contribution in [0.1, 0.15) is 19.4 Å². The molecule has 0 atom stereocenters. The third-order valence-corrected chi connectivity index (χ3v) is 7.66. The molecule has 0 fully saturated rings. The monoisotopic (exact) mass is 398 g/mol. The summed E-state index contributed by atoms with van der Waals surface area (Å²) in [7, 11) is -7.23. The Morgan fingerprint density at radius 2 is 1.76 bits per heavy atom. The van der Waals surface area contributed by atoms with Gasteiger partial charge in [-0.3, -0.25) is 0 Å². The van der Waals surface area contributed by atoms with E-state index < -0.39 is 24.6 Å². The van der Waals surface area contributed by atoms with Gasteiger partial charge in [0.1, 0.15) is 0 Å². The lowest BCUT2D eigenvalue weighted by Crippen LogP contribution is -2.43. The van der Waals surface area contributed by atoms with Crippen LogP contribution in [0.3, 0.4) is 0 Å². The number of anilines is 1. The van der Waals surface area contributed by atoms with E-state index in [1.165, 1.54) is 19.9 Å². The molecule has 1 aromatic rings. The Hall–Kier alpha value is -0.640. The number of benzene rings is 1. The number of nitrogens with two attached hydrogens (primary N) is 1. The number of aryl methyl sites for hydroxylation is 1. The zero-order valence-electron chi connectivity index (χ0n) is 12.3. The molecule has 0 aliphatic rings. The molecular formula is C12H19BrN2O4S2. The minimum atomic E-state index is -3.84. The highest BCUT2D eigenvalue weighted by Crippen LogP contribution is 2.26. The quantitative estimate of drug-likeness (QED) is 0.729. The standard InChI is InChI=1S/C12H19BrN2O4S2/c1-8-5-9(13)10(14)6-11(8)21(18,19)15-7-12(2,3)20(4,16)17/h5-6,15H,7,14H2,1-4H3. The molecule has 0 unspecified atom stereocenters. The molecule has 0 bridgehead atoms. The van der Waals surface area contributed by atoms with Crippen LogP contribution in [0.15, 0.2) is 21.5 Å². The minimum Gasteiger partial charge on any atom is -0.398 e. The second-order valence-electron chi connectivity index (χ2n) is 5.50. The highest BCUT2D eigenvalue weighted by atomic mass is 79.9. The number of hydrogen-bond acceptors (Lipinski definition) is 5. The van der Waals surface area contributed by atoms with Crippen LogP contribution in [0.2, 0.25) is 0 Å². The summed E-state index contributed by atoms with van der Waals surface area (Å²) in [6, 6.07) is 2.95. The van der Waals surface area contributed by atoms with Crippen molar-refractivity contribution in [2.75, 3.05) is 18.5 Å². The second-order valence-corrected chi connectivity index (χ2v) is 10.7. The Kier molecular flexibility index (Phi) is 5.14. The van der Waals surface area contributed by atoms with Gasteiger partial charge in [0.25, 0.3) is 0 Å². The molecular weight excluding hydrogens is 380 g/mol. The average Bonchev–Trinajstić information content (AvgIpc) is 2.30. The average molecular weight is 399 g/mol. The van der Waals surface area contributed by atoms with Gasteiger partial charge in [-0.25, -0.2) is 21.6 Å². The molecule has 0 aromatic heterocycles. The summed E-state index contributed by atoms with van der Waals surface area (Å²) in [5.74, 6) is 0. The molecule has 0 aliphatic heterocycles. The van der Waals surface area contributed by atoms with E-state index >= 15 is 0 Å².